The van der Waals surface area contributed by atoms with Crippen molar-refractivity contribution in [2.24, 2.45) is 4.99 Å². The van der Waals surface area contributed by atoms with Crippen LogP contribution >= 0.6 is 0 Å². The lowest BCUT2D eigenvalue weighted by molar-refractivity contribution is -0.127. The van der Waals surface area contributed by atoms with Crippen molar-refractivity contribution in [2.45, 2.75) is 19.6 Å². The molecule has 0 radical (unpaired) electrons. The first kappa shape index (κ1) is 22.9. The van der Waals surface area contributed by atoms with E-state index < -0.39 is 0 Å². The zero-order valence-electron chi connectivity index (χ0n) is 18.8. The zero-order chi connectivity index (χ0) is 22.8. The van der Waals surface area contributed by atoms with Gasteiger partial charge in [-0.3, -0.25) is 9.48 Å². The highest BCUT2D eigenvalue weighted by molar-refractivity contribution is 5.86. The summed E-state index contributed by atoms with van der Waals surface area (Å²) in [5.41, 5.74) is 3.35. The summed E-state index contributed by atoms with van der Waals surface area (Å²) in [6, 6.07) is 17.9. The van der Waals surface area contributed by atoms with Crippen LogP contribution < -0.4 is 15.4 Å². The summed E-state index contributed by atoms with van der Waals surface area (Å²) in [6.45, 7) is 1.90. The third-order valence-electron chi connectivity index (χ3n) is 4.94. The quantitative estimate of drug-likeness (QED) is 0.399. The minimum absolute atomic E-state index is 0.0250. The molecule has 1 aromatic heterocycles. The molecule has 0 saturated heterocycles. The number of likely N-dealkylation sites (N-methyl/N-ethyl adjacent to an activating group) is 1. The second kappa shape index (κ2) is 11.5. The van der Waals surface area contributed by atoms with Gasteiger partial charge in [0.1, 0.15) is 5.75 Å². The third kappa shape index (κ3) is 6.87. The summed E-state index contributed by atoms with van der Waals surface area (Å²) in [4.78, 5) is 18.3. The van der Waals surface area contributed by atoms with E-state index in [1.807, 2.05) is 53.3 Å². The first-order chi connectivity index (χ1) is 15.5. The number of methoxy groups -OCH3 is 1. The molecule has 0 aliphatic heterocycles. The lowest BCUT2D eigenvalue weighted by Crippen LogP contribution is -2.42. The Labute approximate surface area is 188 Å². The van der Waals surface area contributed by atoms with E-state index in [9.17, 15) is 4.79 Å². The Kier molecular flexibility index (Phi) is 8.25. The van der Waals surface area contributed by atoms with Crippen molar-refractivity contribution < 1.29 is 9.53 Å². The number of guanidine groups is 1. The van der Waals surface area contributed by atoms with Crippen molar-refractivity contribution in [3.05, 3.63) is 83.7 Å². The summed E-state index contributed by atoms with van der Waals surface area (Å²) in [5.74, 6) is 1.35. The number of ether oxygens (including phenoxy) is 1. The molecule has 3 aromatic rings. The van der Waals surface area contributed by atoms with Crippen LogP contribution in [-0.2, 0) is 24.4 Å². The number of benzene rings is 2. The topological polar surface area (TPSA) is 83.8 Å². The summed E-state index contributed by atoms with van der Waals surface area (Å²) in [5, 5.41) is 10.8. The van der Waals surface area contributed by atoms with Crippen LogP contribution in [0.1, 0.15) is 16.7 Å². The minimum atomic E-state index is -0.0250. The van der Waals surface area contributed by atoms with E-state index in [4.69, 9.17) is 4.74 Å². The van der Waals surface area contributed by atoms with Gasteiger partial charge in [0.25, 0.3) is 0 Å². The first-order valence-electron chi connectivity index (χ1n) is 10.4. The molecule has 0 unspecified atom stereocenters. The summed E-state index contributed by atoms with van der Waals surface area (Å²) in [6.07, 6.45) is 3.72. The van der Waals surface area contributed by atoms with Crippen LogP contribution in [0.5, 0.6) is 5.75 Å². The highest BCUT2D eigenvalue weighted by Gasteiger charge is 2.08. The van der Waals surface area contributed by atoms with Crippen molar-refractivity contribution in [3.8, 4) is 5.75 Å². The lowest BCUT2D eigenvalue weighted by Gasteiger charge is -2.16. The SMILES string of the molecule is COc1ccc(CN=C(NCC(=O)N(C)C)NCc2ccccc2Cn2cccn2)cc1. The number of aliphatic imine (C=N–C) groups is 1. The number of aromatic nitrogens is 2. The number of carbonyl (C=O) groups excluding carboxylic acids is 1. The minimum Gasteiger partial charge on any atom is -0.497 e. The second-order valence-electron chi connectivity index (χ2n) is 7.48. The van der Waals surface area contributed by atoms with Crippen molar-refractivity contribution in [2.75, 3.05) is 27.7 Å². The molecule has 8 heteroatoms. The summed E-state index contributed by atoms with van der Waals surface area (Å²) in [7, 11) is 5.11. The number of rotatable bonds is 9. The molecule has 1 amide bonds. The maximum absolute atomic E-state index is 12.1. The summed E-state index contributed by atoms with van der Waals surface area (Å²) < 4.78 is 7.10. The highest BCUT2D eigenvalue weighted by atomic mass is 16.5. The van der Waals surface area contributed by atoms with E-state index >= 15 is 0 Å². The van der Waals surface area contributed by atoms with Crippen molar-refractivity contribution in [1.82, 2.24) is 25.3 Å². The van der Waals surface area contributed by atoms with E-state index in [1.54, 1.807) is 32.3 Å². The van der Waals surface area contributed by atoms with Crippen molar-refractivity contribution >= 4 is 11.9 Å². The van der Waals surface area contributed by atoms with Crippen LogP contribution in [0.25, 0.3) is 0 Å². The lowest BCUT2D eigenvalue weighted by atomic mass is 10.1. The van der Waals surface area contributed by atoms with Gasteiger partial charge in [-0.1, -0.05) is 36.4 Å². The van der Waals surface area contributed by atoms with Gasteiger partial charge in [0.15, 0.2) is 5.96 Å². The third-order valence-corrected chi connectivity index (χ3v) is 4.94. The number of nitrogens with one attached hydrogen (secondary N) is 2. The molecular formula is C24H30N6O2. The fraction of sp³-hybridized carbons (Fsp3) is 0.292. The molecule has 0 aliphatic rings. The molecule has 32 heavy (non-hydrogen) atoms. The molecule has 2 N–H and O–H groups in total. The molecule has 2 aromatic carbocycles. The fourth-order valence-electron chi connectivity index (χ4n) is 3.02. The molecule has 0 saturated carbocycles. The van der Waals surface area contributed by atoms with Crippen LogP contribution in [0.3, 0.4) is 0 Å². The molecular weight excluding hydrogens is 404 g/mol. The molecule has 8 nitrogen and oxygen atoms in total. The number of hydrogen-bond donors (Lipinski definition) is 2. The van der Waals surface area contributed by atoms with Crippen LogP contribution in [-0.4, -0.2) is 54.3 Å². The Hall–Kier alpha value is -3.81. The van der Waals surface area contributed by atoms with Crippen LogP contribution in [0.2, 0.25) is 0 Å². The summed E-state index contributed by atoms with van der Waals surface area (Å²) >= 11 is 0. The van der Waals surface area contributed by atoms with Gasteiger partial charge in [-0.15, -0.1) is 0 Å². The second-order valence-corrected chi connectivity index (χ2v) is 7.48. The van der Waals surface area contributed by atoms with Gasteiger partial charge in [-0.25, -0.2) is 4.99 Å². The zero-order valence-corrected chi connectivity index (χ0v) is 18.8. The van der Waals surface area contributed by atoms with Crippen LogP contribution in [0.15, 0.2) is 72.0 Å². The Morgan fingerprint density at radius 3 is 2.47 bits per heavy atom. The number of hydrogen-bond acceptors (Lipinski definition) is 4. The smallest absolute Gasteiger partial charge is 0.241 e. The van der Waals surface area contributed by atoms with E-state index in [1.165, 1.54) is 5.56 Å². The average molecular weight is 435 g/mol. The molecule has 168 valence electrons. The van der Waals surface area contributed by atoms with Crippen molar-refractivity contribution in [3.63, 3.8) is 0 Å². The Morgan fingerprint density at radius 2 is 1.81 bits per heavy atom. The number of amides is 1. The molecule has 0 aliphatic carbocycles. The molecule has 0 fully saturated rings. The van der Waals surface area contributed by atoms with E-state index in [2.05, 4.69) is 32.9 Å². The van der Waals surface area contributed by atoms with Gasteiger partial charge in [0.05, 0.1) is 26.7 Å². The standard InChI is InChI=1S/C24H30N6O2/c1-29(2)23(31)17-27-24(25-15-19-9-11-22(32-3)12-10-19)26-16-20-7-4-5-8-21(20)18-30-14-6-13-28-30/h4-14H,15-18H2,1-3H3,(H2,25,26,27). The number of carbonyl (C=O) groups is 1. The predicted octanol–water partition coefficient (Wildman–Crippen LogP) is 2.26. The normalized spacial score (nSPS) is 11.2. The molecule has 0 atom stereocenters. The van der Waals surface area contributed by atoms with E-state index in [0.717, 1.165) is 16.9 Å². The largest absolute Gasteiger partial charge is 0.497 e. The Morgan fingerprint density at radius 1 is 1.06 bits per heavy atom. The Bertz CT molecular complexity index is 1010. The molecule has 0 bridgehead atoms. The van der Waals surface area contributed by atoms with E-state index in [-0.39, 0.29) is 12.5 Å². The maximum atomic E-state index is 12.1. The van der Waals surface area contributed by atoms with Gasteiger partial charge in [-0.2, -0.15) is 5.10 Å². The fourth-order valence-corrected chi connectivity index (χ4v) is 3.02. The van der Waals surface area contributed by atoms with E-state index in [0.29, 0.717) is 25.6 Å². The van der Waals surface area contributed by atoms with Crippen molar-refractivity contribution in [1.29, 1.82) is 0 Å². The Balaban J connectivity index is 1.69. The van der Waals surface area contributed by atoms with Gasteiger partial charge >= 0.3 is 0 Å². The van der Waals surface area contributed by atoms with Crippen LogP contribution in [0, 0.1) is 0 Å². The molecule has 1 heterocycles. The monoisotopic (exact) mass is 434 g/mol. The van der Waals surface area contributed by atoms with Crippen LogP contribution in [0.4, 0.5) is 0 Å². The highest BCUT2D eigenvalue weighted by Crippen LogP contribution is 2.12. The molecule has 0 spiro atoms. The maximum Gasteiger partial charge on any atom is 0.241 e. The first-order valence-corrected chi connectivity index (χ1v) is 10.4. The van der Waals surface area contributed by atoms with Gasteiger partial charge in [-0.05, 0) is 34.9 Å². The average Bonchev–Trinajstić information content (AvgIpc) is 3.32. The number of nitrogens with zero attached hydrogens (tertiary/aromatic N) is 4. The van der Waals surface area contributed by atoms with Gasteiger partial charge in [0.2, 0.25) is 5.91 Å². The van der Waals surface area contributed by atoms with Gasteiger partial charge in [0, 0.05) is 33.0 Å². The van der Waals surface area contributed by atoms with Gasteiger partial charge < -0.3 is 20.3 Å². The molecule has 3 rings (SSSR count). The predicted molar refractivity (Wildman–Crippen MR) is 125 cm³/mol.